The molecule has 0 aliphatic rings. The lowest BCUT2D eigenvalue weighted by Crippen LogP contribution is -2.02. The molecule has 2 nitrogen and oxygen atoms in total. The normalized spacial score (nSPS) is 11.0. The maximum absolute atomic E-state index is 14.7. The third kappa shape index (κ3) is 6.71. The molecule has 0 saturated carbocycles. The number of alkyl halides is 3. The van der Waals surface area contributed by atoms with Crippen molar-refractivity contribution in [3.05, 3.63) is 94.8 Å². The molecule has 0 radical (unpaired) electrons. The second kappa shape index (κ2) is 11.2. The first-order valence-corrected chi connectivity index (χ1v) is 11.7. The number of aromatic nitrogens is 2. The Hall–Kier alpha value is -4.23. The smallest absolute Gasteiger partial charge is 0.235 e. The first-order chi connectivity index (χ1) is 17.7. The summed E-state index contributed by atoms with van der Waals surface area (Å²) >= 11 is 0. The summed E-state index contributed by atoms with van der Waals surface area (Å²) in [6.07, 6.45) is 2.87. The van der Waals surface area contributed by atoms with Crippen LogP contribution in [0, 0.1) is 35.3 Å². The predicted molar refractivity (Wildman–Crippen MR) is 133 cm³/mol. The maximum Gasteiger partial charge on any atom is 0.458 e. The highest BCUT2D eigenvalue weighted by Crippen LogP contribution is 2.28. The zero-order valence-electron chi connectivity index (χ0n) is 19.9. The minimum atomic E-state index is -4.86. The number of hydrogen-bond acceptors (Lipinski definition) is 2. The van der Waals surface area contributed by atoms with Crippen LogP contribution < -0.4 is 0 Å². The highest BCUT2D eigenvalue weighted by atomic mass is 19.4. The summed E-state index contributed by atoms with van der Waals surface area (Å²) in [5.41, 5.74) is 2.32. The lowest BCUT2D eigenvalue weighted by Gasteiger charge is -2.06. The van der Waals surface area contributed by atoms with E-state index >= 15 is 0 Å². The van der Waals surface area contributed by atoms with Crippen molar-refractivity contribution in [3.8, 4) is 35.1 Å². The van der Waals surface area contributed by atoms with E-state index in [1.807, 2.05) is 12.1 Å². The Morgan fingerprint density at radius 3 is 2.19 bits per heavy atom. The Balaban J connectivity index is 1.52. The largest absolute Gasteiger partial charge is 0.458 e. The van der Waals surface area contributed by atoms with Gasteiger partial charge in [-0.15, -0.1) is 0 Å². The number of benzene rings is 3. The van der Waals surface area contributed by atoms with Crippen molar-refractivity contribution in [1.29, 1.82) is 0 Å². The van der Waals surface area contributed by atoms with Crippen LogP contribution in [0.1, 0.15) is 48.4 Å². The van der Waals surface area contributed by atoms with E-state index < -0.39 is 23.4 Å². The number of nitrogens with zero attached hydrogens (tertiary/aromatic N) is 2. The van der Waals surface area contributed by atoms with Gasteiger partial charge in [-0.3, -0.25) is 0 Å². The summed E-state index contributed by atoms with van der Waals surface area (Å²) < 4.78 is 66.0. The van der Waals surface area contributed by atoms with Gasteiger partial charge in [0.2, 0.25) is 0 Å². The summed E-state index contributed by atoms with van der Waals surface area (Å²) in [5.74, 6) is 6.51. The molecule has 0 saturated heterocycles. The standard InChI is InChI=1S/C30H21F5N2/c1-2-3-4-5-20-6-8-21(9-7-20)10-11-22-18-36-29(37-19-22)23-12-13-25-24(16-23)17-27(31)26(28(25)32)14-15-30(33,34)35/h6-9,12-13,16-19H,2-5H2,1H3. The van der Waals surface area contributed by atoms with Gasteiger partial charge in [-0.1, -0.05) is 61.8 Å². The van der Waals surface area contributed by atoms with Crippen LogP contribution >= 0.6 is 0 Å². The maximum atomic E-state index is 14.7. The Bertz CT molecular complexity index is 1530. The Morgan fingerprint density at radius 1 is 0.811 bits per heavy atom. The van der Waals surface area contributed by atoms with Crippen LogP contribution in [0.25, 0.3) is 22.2 Å². The number of fused-ring (bicyclic) bond motifs is 1. The SMILES string of the molecule is CCCCCc1ccc(C#Cc2cnc(-c3ccc4c(F)c(C#CC(F)(F)F)c(F)cc4c3)nc2)cc1. The summed E-state index contributed by atoms with van der Waals surface area (Å²) in [6, 6.07) is 13.4. The van der Waals surface area contributed by atoms with Gasteiger partial charge in [-0.05, 0) is 48.1 Å². The van der Waals surface area contributed by atoms with Gasteiger partial charge in [0.15, 0.2) is 5.82 Å². The van der Waals surface area contributed by atoms with Crippen LogP contribution in [-0.4, -0.2) is 16.1 Å². The zero-order valence-corrected chi connectivity index (χ0v) is 19.9. The van der Waals surface area contributed by atoms with Crippen LogP contribution in [-0.2, 0) is 6.42 Å². The minimum absolute atomic E-state index is 0.0597. The molecule has 0 amide bonds. The molecule has 0 fully saturated rings. The third-order valence-electron chi connectivity index (χ3n) is 5.64. The lowest BCUT2D eigenvalue weighted by atomic mass is 10.0. The van der Waals surface area contributed by atoms with Gasteiger partial charge in [0, 0.05) is 34.8 Å². The average Bonchev–Trinajstić information content (AvgIpc) is 2.87. The predicted octanol–water partition coefficient (Wildman–Crippen LogP) is 7.62. The molecule has 1 heterocycles. The number of rotatable bonds is 5. The quantitative estimate of drug-likeness (QED) is 0.159. The minimum Gasteiger partial charge on any atom is -0.235 e. The third-order valence-corrected chi connectivity index (χ3v) is 5.64. The molecule has 4 aromatic rings. The topological polar surface area (TPSA) is 25.8 Å². The molecule has 0 N–H and O–H groups in total. The Kier molecular flexibility index (Phi) is 7.84. The summed E-state index contributed by atoms with van der Waals surface area (Å²) in [6.45, 7) is 2.18. The van der Waals surface area contributed by atoms with Crippen LogP contribution in [0.5, 0.6) is 0 Å². The Labute approximate surface area is 211 Å². The molecule has 0 bridgehead atoms. The van der Waals surface area contributed by atoms with Crippen molar-refractivity contribution in [1.82, 2.24) is 9.97 Å². The van der Waals surface area contributed by atoms with Crippen molar-refractivity contribution in [2.45, 2.75) is 38.8 Å². The molecule has 0 spiro atoms. The fourth-order valence-corrected chi connectivity index (χ4v) is 3.74. The summed E-state index contributed by atoms with van der Waals surface area (Å²) in [7, 11) is 0. The number of halogens is 5. The van der Waals surface area contributed by atoms with E-state index in [-0.39, 0.29) is 10.8 Å². The van der Waals surface area contributed by atoms with Gasteiger partial charge in [-0.2, -0.15) is 13.2 Å². The van der Waals surface area contributed by atoms with E-state index in [1.165, 1.54) is 48.9 Å². The van der Waals surface area contributed by atoms with Crippen molar-refractivity contribution in [3.63, 3.8) is 0 Å². The van der Waals surface area contributed by atoms with Gasteiger partial charge in [0.05, 0.1) is 11.1 Å². The van der Waals surface area contributed by atoms with E-state index in [0.717, 1.165) is 24.0 Å². The molecule has 37 heavy (non-hydrogen) atoms. The zero-order chi connectivity index (χ0) is 26.4. The molecule has 3 aromatic carbocycles. The van der Waals surface area contributed by atoms with Crippen molar-refractivity contribution >= 4 is 10.8 Å². The van der Waals surface area contributed by atoms with Crippen LogP contribution in [0.4, 0.5) is 22.0 Å². The molecule has 0 aliphatic carbocycles. The van der Waals surface area contributed by atoms with Crippen LogP contribution in [0.15, 0.2) is 60.9 Å². The molecule has 186 valence electrons. The first-order valence-electron chi connectivity index (χ1n) is 11.7. The molecule has 0 unspecified atom stereocenters. The van der Waals surface area contributed by atoms with E-state index in [4.69, 9.17) is 0 Å². The van der Waals surface area contributed by atoms with Gasteiger partial charge in [-0.25, -0.2) is 18.7 Å². The van der Waals surface area contributed by atoms with Crippen molar-refractivity contribution in [2.75, 3.05) is 0 Å². The number of aryl methyl sites for hydroxylation is 1. The average molecular weight is 505 g/mol. The Morgan fingerprint density at radius 2 is 1.51 bits per heavy atom. The van der Waals surface area contributed by atoms with E-state index in [1.54, 1.807) is 12.4 Å². The second-order valence-electron chi connectivity index (χ2n) is 8.43. The van der Waals surface area contributed by atoms with Crippen molar-refractivity contribution in [2.24, 2.45) is 0 Å². The molecule has 0 aliphatic heterocycles. The molecule has 1 aromatic heterocycles. The fourth-order valence-electron chi connectivity index (χ4n) is 3.74. The van der Waals surface area contributed by atoms with E-state index in [0.29, 0.717) is 17.0 Å². The van der Waals surface area contributed by atoms with Gasteiger partial charge in [0.25, 0.3) is 0 Å². The fraction of sp³-hybridized carbons (Fsp3) is 0.200. The highest BCUT2D eigenvalue weighted by molar-refractivity contribution is 5.88. The lowest BCUT2D eigenvalue weighted by molar-refractivity contribution is -0.0696. The van der Waals surface area contributed by atoms with Crippen LogP contribution in [0.2, 0.25) is 0 Å². The van der Waals surface area contributed by atoms with Crippen molar-refractivity contribution < 1.29 is 22.0 Å². The second-order valence-corrected chi connectivity index (χ2v) is 8.43. The molecular formula is C30H21F5N2. The number of unbranched alkanes of at least 4 members (excludes halogenated alkanes) is 2. The van der Waals surface area contributed by atoms with Crippen LogP contribution in [0.3, 0.4) is 0 Å². The molecule has 0 atom stereocenters. The molecular weight excluding hydrogens is 483 g/mol. The monoisotopic (exact) mass is 504 g/mol. The van der Waals surface area contributed by atoms with E-state index in [9.17, 15) is 22.0 Å². The van der Waals surface area contributed by atoms with Gasteiger partial charge < -0.3 is 0 Å². The first kappa shape index (κ1) is 25.9. The summed E-state index contributed by atoms with van der Waals surface area (Å²) in [4.78, 5) is 8.59. The van der Waals surface area contributed by atoms with Gasteiger partial charge in [0.1, 0.15) is 11.6 Å². The summed E-state index contributed by atoms with van der Waals surface area (Å²) in [5, 5.41) is 0.0890. The molecule has 7 heteroatoms. The highest BCUT2D eigenvalue weighted by Gasteiger charge is 2.24. The number of hydrogen-bond donors (Lipinski definition) is 0. The van der Waals surface area contributed by atoms with E-state index in [2.05, 4.69) is 40.9 Å². The molecule has 4 rings (SSSR count). The van der Waals surface area contributed by atoms with Gasteiger partial charge >= 0.3 is 6.18 Å².